The van der Waals surface area contributed by atoms with E-state index < -0.39 is 66.6 Å². The number of benzene rings is 6. The number of ether oxygens (including phenoxy) is 1. The predicted octanol–water partition coefficient (Wildman–Crippen LogP) is 6.24. The van der Waals surface area contributed by atoms with Crippen LogP contribution in [-0.2, 0) is 72.5 Å². The number of carbonyl (C=O) groups excluding carboxylic acids is 3. The highest BCUT2D eigenvalue weighted by atomic mass is 16.7. The number of H-pyrrole nitrogens is 3. The largest absolute Gasteiger partial charge is 0.464 e. The van der Waals surface area contributed by atoms with Crippen LogP contribution in [0.1, 0.15) is 105 Å². The number of hydrogen-bond donors (Lipinski definition) is 11. The molecule has 0 bridgehead atoms. The van der Waals surface area contributed by atoms with Crippen LogP contribution in [0.2, 0.25) is 0 Å². The number of hydrogen-bond acceptors (Lipinski definition) is 19. The molecule has 24 heteroatoms. The van der Waals surface area contributed by atoms with E-state index in [1.165, 1.54) is 16.7 Å². The molecule has 2 amide bonds. The number of fused-ring (bicyclic) bond motifs is 1. The Bertz CT molecular complexity index is 4260. The summed E-state index contributed by atoms with van der Waals surface area (Å²) in [6.45, 7) is 13.4. The van der Waals surface area contributed by atoms with Crippen molar-refractivity contribution >= 4 is 17.8 Å². The third-order valence-electron chi connectivity index (χ3n) is 18.8. The van der Waals surface area contributed by atoms with Crippen LogP contribution in [0.15, 0.2) is 183 Å². The molecule has 24 nitrogen and oxygen atoms in total. The molecule has 12 atom stereocenters. The van der Waals surface area contributed by atoms with E-state index in [4.69, 9.17) is 25.0 Å². The second-order valence-corrected chi connectivity index (χ2v) is 27.3. The Kier molecular flexibility index (Phi) is 29.6. The van der Waals surface area contributed by atoms with Gasteiger partial charge in [-0.2, -0.15) is 15.2 Å². The molecular formula is C84H96N12O12. The number of nitrogens with two attached hydrogens (primary N) is 1. The maximum atomic E-state index is 13.1. The number of esters is 1. The number of imidazole rings is 3. The zero-order valence-electron chi connectivity index (χ0n) is 61.6. The third-order valence-corrected chi connectivity index (χ3v) is 18.8. The molecule has 108 heavy (non-hydrogen) atoms. The molecule has 4 fully saturated rings. The molecule has 12 N–H and O–H groups in total. The van der Waals surface area contributed by atoms with Gasteiger partial charge in [0, 0.05) is 113 Å². The topological polar surface area (TPSA) is 335 Å². The van der Waals surface area contributed by atoms with Crippen molar-refractivity contribution in [1.82, 2.24) is 55.7 Å². The van der Waals surface area contributed by atoms with Gasteiger partial charge in [-0.05, 0) is 138 Å². The number of aliphatic hydroxyl groups excluding tert-OH is 5. The summed E-state index contributed by atoms with van der Waals surface area (Å²) in [6.07, 6.45) is 8.03. The number of nitrogens with one attached hydrogen (secondary N) is 5. The van der Waals surface area contributed by atoms with Crippen molar-refractivity contribution in [2.45, 2.75) is 135 Å². The first kappa shape index (κ1) is 80.1. The number of aromatic amines is 3. The highest BCUT2D eigenvalue weighted by Crippen LogP contribution is 2.37. The molecule has 0 unspecified atom stereocenters. The van der Waals surface area contributed by atoms with Gasteiger partial charge in [0.25, 0.3) is 0 Å². The zero-order chi connectivity index (χ0) is 76.5. The summed E-state index contributed by atoms with van der Waals surface area (Å²) >= 11 is 0. The average molecular weight is 1470 g/mol. The molecular weight excluding hydrogens is 1370 g/mol. The van der Waals surface area contributed by atoms with E-state index in [1.807, 2.05) is 159 Å². The molecule has 3 aromatic heterocycles. The lowest BCUT2D eigenvalue weighted by atomic mass is 9.92. The molecule has 4 aliphatic rings. The second kappa shape index (κ2) is 40.0. The van der Waals surface area contributed by atoms with Crippen LogP contribution in [0, 0.1) is 74.0 Å². The van der Waals surface area contributed by atoms with Gasteiger partial charge in [-0.3, -0.25) is 28.9 Å². The highest BCUT2D eigenvalue weighted by molar-refractivity contribution is 5.83. The molecule has 564 valence electrons. The van der Waals surface area contributed by atoms with Crippen molar-refractivity contribution in [3.05, 3.63) is 267 Å². The highest BCUT2D eigenvalue weighted by Gasteiger charge is 2.54. The van der Waals surface area contributed by atoms with Gasteiger partial charge in [0.05, 0.1) is 82.7 Å². The maximum absolute atomic E-state index is 13.1. The van der Waals surface area contributed by atoms with E-state index in [9.17, 15) is 39.9 Å². The summed E-state index contributed by atoms with van der Waals surface area (Å²) in [4.78, 5) is 76.9. The Morgan fingerprint density at radius 1 is 0.481 bits per heavy atom. The van der Waals surface area contributed by atoms with Crippen LogP contribution in [0.25, 0.3) is 0 Å². The van der Waals surface area contributed by atoms with Crippen molar-refractivity contribution in [3.63, 3.8) is 0 Å². The van der Waals surface area contributed by atoms with E-state index >= 15 is 0 Å². The number of amides is 2. The van der Waals surface area contributed by atoms with Crippen LogP contribution < -0.4 is 16.4 Å². The molecule has 0 aliphatic carbocycles. The van der Waals surface area contributed by atoms with Crippen molar-refractivity contribution in [3.8, 4) is 35.5 Å². The Labute approximate surface area is 630 Å². The van der Waals surface area contributed by atoms with E-state index in [2.05, 4.69) is 83.0 Å². The number of nitrogens with zero attached hydrogens (tertiary/aromatic N) is 6. The number of aromatic nitrogens is 6. The van der Waals surface area contributed by atoms with Gasteiger partial charge in [-0.15, -0.1) is 0 Å². The summed E-state index contributed by atoms with van der Waals surface area (Å²) in [6, 6.07) is 45.7. The first-order valence-corrected chi connectivity index (χ1v) is 36.3. The minimum absolute atomic E-state index is 0.132. The number of hydroxylamine groups is 6. The summed E-state index contributed by atoms with van der Waals surface area (Å²) < 4.78 is 5.18. The van der Waals surface area contributed by atoms with E-state index in [1.54, 1.807) is 73.5 Å². The average Bonchev–Trinajstić information content (AvgIpc) is 1.62. The third kappa shape index (κ3) is 22.8. The molecule has 13 rings (SSSR count). The van der Waals surface area contributed by atoms with E-state index in [0.29, 0.717) is 58.7 Å². The molecule has 0 spiro atoms. The van der Waals surface area contributed by atoms with Crippen LogP contribution >= 0.6 is 0 Å². The quantitative estimate of drug-likeness (QED) is 0.0280. The zero-order valence-corrected chi connectivity index (χ0v) is 61.6. The second-order valence-electron chi connectivity index (χ2n) is 27.3. The maximum Gasteiger partial charge on any atom is 0.326 e. The minimum atomic E-state index is -0.841. The molecule has 4 aliphatic heterocycles. The Balaban J connectivity index is 0.000000165. The first-order chi connectivity index (χ1) is 52.3. The van der Waals surface area contributed by atoms with Gasteiger partial charge in [-0.1, -0.05) is 125 Å². The van der Waals surface area contributed by atoms with Gasteiger partial charge >= 0.3 is 5.97 Å². The first-order valence-electron chi connectivity index (χ1n) is 36.3. The molecule has 6 aromatic carbocycles. The van der Waals surface area contributed by atoms with Crippen LogP contribution in [0.5, 0.6) is 0 Å². The monoisotopic (exact) mass is 1460 g/mol. The van der Waals surface area contributed by atoms with Gasteiger partial charge in [0.1, 0.15) is 36.4 Å². The van der Waals surface area contributed by atoms with Crippen molar-refractivity contribution in [2.24, 2.45) is 23.5 Å². The molecule has 0 radical (unpaired) electrons. The lowest BCUT2D eigenvalue weighted by molar-refractivity contribution is -0.202. The van der Waals surface area contributed by atoms with Crippen molar-refractivity contribution < 1.29 is 59.2 Å². The molecule has 7 heterocycles. The number of rotatable bonds is 21. The van der Waals surface area contributed by atoms with Crippen LogP contribution in [0.3, 0.4) is 0 Å². The lowest BCUT2D eigenvalue weighted by Crippen LogP contribution is -2.48. The summed E-state index contributed by atoms with van der Waals surface area (Å²) in [5, 5.41) is 61.1. The lowest BCUT2D eigenvalue weighted by Gasteiger charge is -2.24. The molecule has 0 saturated carbocycles. The van der Waals surface area contributed by atoms with Gasteiger partial charge in [0.15, 0.2) is 0 Å². The van der Waals surface area contributed by atoms with Gasteiger partial charge in [-0.25, -0.2) is 15.0 Å². The smallest absolute Gasteiger partial charge is 0.326 e. The van der Waals surface area contributed by atoms with E-state index in [-0.39, 0.29) is 36.9 Å². The van der Waals surface area contributed by atoms with Crippen LogP contribution in [-0.4, -0.2) is 183 Å². The fourth-order valence-corrected chi connectivity index (χ4v) is 12.9. The van der Waals surface area contributed by atoms with Crippen LogP contribution in [0.4, 0.5) is 0 Å². The standard InChI is InChI=1S/2C28H32N4O4.C23H23NO4.C5H9N3/c2*1-19-3-5-21(6-4-19)7-8-22-9-11-23(12-10-22)16-32-26(25(17-33)27(36-32)20(2)34)28(35)30-14-13-24-15-29-18-31-24;1-15-3-5-17(6-4-15)7-8-18-9-11-19(12-10-18)13-24-21-20(14-27-23(21)26)22(28-24)16(2)25;6-2-1-5-3-7-4-8-5/h2*3-6,9-12,15,18,20,25-27,33-34H,13-14,16-17H2,1-2H3,(H,29,31)(H,30,35);3-6,9-12,16,20-22,25H,13-14H2,1-2H3;3-4H,1-2,6H2,(H,7,8)/t2*20-,25-,26-,27-;16-,20-,21-,22-;/m000./s1. The minimum Gasteiger partial charge on any atom is -0.464 e. The molecule has 4 saturated heterocycles. The van der Waals surface area contributed by atoms with E-state index in [0.717, 1.165) is 73.6 Å². The summed E-state index contributed by atoms with van der Waals surface area (Å²) in [5.41, 5.74) is 20.2. The number of carbonyl (C=O) groups is 3. The fourth-order valence-electron chi connectivity index (χ4n) is 12.9. The normalized spacial score (nSPS) is 20.9. The van der Waals surface area contributed by atoms with Gasteiger partial charge in [0.2, 0.25) is 11.8 Å². The van der Waals surface area contributed by atoms with Crippen molar-refractivity contribution in [1.29, 1.82) is 0 Å². The SMILES string of the molecule is Cc1ccc(C#Cc2ccc(CN3O[C@@H]([C@H](C)O)[C@@H](CO)[C@H]3C(=O)NCCc3cnc[nH]3)cc2)cc1.Cc1ccc(C#Cc2ccc(CN3O[C@@H]([C@H](C)O)[C@@H](CO)[C@H]3C(=O)NCCc3cnc[nH]3)cc2)cc1.Cc1ccc(C#Cc2ccc(CN3O[C@@H]([C@H](C)O)[C@H]4COC(=O)[C@H]43)cc2)cc1.NCCc1cnc[nH]1. The fraction of sp³-hybridized carbons (Fsp3) is 0.357. The number of aliphatic hydroxyl groups is 5. The Morgan fingerprint density at radius 3 is 1.08 bits per heavy atom. The molecule has 9 aromatic rings. The summed E-state index contributed by atoms with van der Waals surface area (Å²) in [7, 11) is 0. The summed E-state index contributed by atoms with van der Waals surface area (Å²) in [5.74, 6) is 17.0. The van der Waals surface area contributed by atoms with Crippen molar-refractivity contribution in [2.75, 3.05) is 39.5 Å². The van der Waals surface area contributed by atoms with Gasteiger partial charge < -0.3 is 61.6 Å². The number of aryl methyl sites for hydroxylation is 3. The Morgan fingerprint density at radius 2 is 0.787 bits per heavy atom. The Hall–Kier alpha value is -10.4. The number of cyclic esters (lactones) is 1. The predicted molar refractivity (Wildman–Crippen MR) is 406 cm³/mol.